The summed E-state index contributed by atoms with van der Waals surface area (Å²) in [6.45, 7) is 12.3. The predicted octanol–water partition coefficient (Wildman–Crippen LogP) is 4.11. The predicted molar refractivity (Wildman–Crippen MR) is 132 cm³/mol. The molecule has 172 valence electrons. The highest BCUT2D eigenvalue weighted by Crippen LogP contribution is 2.26. The van der Waals surface area contributed by atoms with Gasteiger partial charge in [-0.2, -0.15) is 4.98 Å². The van der Waals surface area contributed by atoms with Crippen molar-refractivity contribution in [2.75, 3.05) is 11.9 Å². The second-order valence-corrected chi connectivity index (χ2v) is 9.93. The van der Waals surface area contributed by atoms with Crippen molar-refractivity contribution in [2.45, 2.75) is 59.2 Å². The molecule has 0 fully saturated rings. The molecule has 4 aromatic rings. The van der Waals surface area contributed by atoms with Crippen LogP contribution in [0.2, 0.25) is 0 Å². The molecule has 8 nitrogen and oxygen atoms in total. The topological polar surface area (TPSA) is 81.7 Å². The van der Waals surface area contributed by atoms with E-state index in [0.29, 0.717) is 17.0 Å². The van der Waals surface area contributed by atoms with Crippen molar-refractivity contribution >= 4 is 22.7 Å². The number of anilines is 2. The molecule has 0 amide bonds. The molecule has 1 aliphatic heterocycles. The van der Waals surface area contributed by atoms with Gasteiger partial charge in [-0.3, -0.25) is 4.79 Å². The fourth-order valence-corrected chi connectivity index (χ4v) is 4.54. The zero-order chi connectivity index (χ0) is 23.3. The Morgan fingerprint density at radius 1 is 1.15 bits per heavy atom. The first-order valence-electron chi connectivity index (χ1n) is 11.5. The molecule has 0 radical (unpaired) electrons. The Balaban J connectivity index is 1.64. The van der Waals surface area contributed by atoms with Crippen molar-refractivity contribution in [3.8, 4) is 5.82 Å². The summed E-state index contributed by atoms with van der Waals surface area (Å²) in [5.41, 5.74) is 3.97. The number of benzene rings is 1. The largest absolute Gasteiger partial charge is 0.328 e. The molecule has 3 aromatic heterocycles. The van der Waals surface area contributed by atoms with Crippen molar-refractivity contribution in [1.29, 1.82) is 0 Å². The van der Waals surface area contributed by atoms with Crippen molar-refractivity contribution in [2.24, 2.45) is 0 Å². The van der Waals surface area contributed by atoms with E-state index in [-0.39, 0.29) is 17.1 Å². The number of nitrogens with zero attached hydrogens (tertiary/aromatic N) is 5. The maximum atomic E-state index is 13.3. The van der Waals surface area contributed by atoms with Crippen LogP contribution in [0.5, 0.6) is 0 Å². The van der Waals surface area contributed by atoms with Crippen LogP contribution < -0.4 is 16.2 Å². The van der Waals surface area contributed by atoms with Gasteiger partial charge in [-0.1, -0.05) is 6.07 Å². The van der Waals surface area contributed by atoms with E-state index in [1.807, 2.05) is 36.9 Å². The molecule has 0 saturated heterocycles. The quantitative estimate of drug-likeness (QED) is 0.494. The molecule has 8 heteroatoms. The summed E-state index contributed by atoms with van der Waals surface area (Å²) in [4.78, 5) is 22.6. The molecule has 0 aliphatic carbocycles. The van der Waals surface area contributed by atoms with Gasteiger partial charge in [-0.25, -0.2) is 14.3 Å². The SMILES string of the molecule is CC(C)n1c(=O)c2cnc(Nc3ccc4c(c3)CCNC4)nc2n1-c1cccn1C(C)(C)C. The molecule has 1 aromatic carbocycles. The second-order valence-electron chi connectivity index (χ2n) is 9.93. The lowest BCUT2D eigenvalue weighted by atomic mass is 10.0. The molecular formula is C25H31N7O. The van der Waals surface area contributed by atoms with Gasteiger partial charge in [0.25, 0.3) is 5.56 Å². The lowest BCUT2D eigenvalue weighted by Gasteiger charge is -2.26. The van der Waals surface area contributed by atoms with E-state index in [4.69, 9.17) is 4.98 Å². The highest BCUT2D eigenvalue weighted by Gasteiger charge is 2.24. The fourth-order valence-electron chi connectivity index (χ4n) is 4.54. The third-order valence-electron chi connectivity index (χ3n) is 6.13. The number of aromatic nitrogens is 5. The van der Waals surface area contributed by atoms with Crippen LogP contribution in [0.15, 0.2) is 47.5 Å². The number of hydrogen-bond acceptors (Lipinski definition) is 5. The minimum absolute atomic E-state index is 0.0410. The van der Waals surface area contributed by atoms with Gasteiger partial charge in [0, 0.05) is 36.2 Å². The zero-order valence-electron chi connectivity index (χ0n) is 19.9. The fraction of sp³-hybridized carbons (Fsp3) is 0.400. The van der Waals surface area contributed by atoms with Gasteiger partial charge >= 0.3 is 0 Å². The number of fused-ring (bicyclic) bond motifs is 2. The Kier molecular flexibility index (Phi) is 5.12. The van der Waals surface area contributed by atoms with Gasteiger partial charge in [0.05, 0.1) is 0 Å². The van der Waals surface area contributed by atoms with E-state index in [0.717, 1.165) is 31.0 Å². The van der Waals surface area contributed by atoms with Crippen LogP contribution in [0.4, 0.5) is 11.6 Å². The van der Waals surface area contributed by atoms with Crippen LogP contribution in [-0.4, -0.2) is 30.4 Å². The third kappa shape index (κ3) is 3.74. The number of hydrogen-bond donors (Lipinski definition) is 2. The maximum absolute atomic E-state index is 13.3. The zero-order valence-corrected chi connectivity index (χ0v) is 19.9. The van der Waals surface area contributed by atoms with Crippen LogP contribution in [0, 0.1) is 0 Å². The van der Waals surface area contributed by atoms with Crippen LogP contribution >= 0.6 is 0 Å². The monoisotopic (exact) mass is 445 g/mol. The van der Waals surface area contributed by atoms with Gasteiger partial charge in [0.2, 0.25) is 5.95 Å². The Labute approximate surface area is 193 Å². The molecule has 33 heavy (non-hydrogen) atoms. The van der Waals surface area contributed by atoms with Gasteiger partial charge in [0.15, 0.2) is 5.65 Å². The Bertz CT molecular complexity index is 1380. The maximum Gasteiger partial charge on any atom is 0.278 e. The Morgan fingerprint density at radius 3 is 2.73 bits per heavy atom. The standard InChI is InChI=1S/C25H31N7O/c1-16(2)31-23(33)20-15-27-24(28-19-9-8-18-14-26-11-10-17(18)13-19)29-22(20)32(31)21-7-6-12-30(21)25(3,4)5/h6-9,12-13,15-16,26H,10-11,14H2,1-5H3,(H,27,28,29). The van der Waals surface area contributed by atoms with E-state index in [1.165, 1.54) is 11.1 Å². The first kappa shape index (κ1) is 21.5. The minimum atomic E-state index is -0.153. The first-order chi connectivity index (χ1) is 15.7. The van der Waals surface area contributed by atoms with E-state index in [1.54, 1.807) is 10.9 Å². The summed E-state index contributed by atoms with van der Waals surface area (Å²) in [5, 5.41) is 7.25. The number of rotatable bonds is 4. The molecule has 0 bridgehead atoms. The molecule has 0 unspecified atom stereocenters. The number of nitrogens with one attached hydrogen (secondary N) is 2. The summed E-state index contributed by atoms with van der Waals surface area (Å²) >= 11 is 0. The summed E-state index contributed by atoms with van der Waals surface area (Å²) in [6, 6.07) is 10.3. The lowest BCUT2D eigenvalue weighted by molar-refractivity contribution is 0.377. The van der Waals surface area contributed by atoms with E-state index < -0.39 is 0 Å². The highest BCUT2D eigenvalue weighted by atomic mass is 16.1. The van der Waals surface area contributed by atoms with Crippen LogP contribution in [0.1, 0.15) is 51.8 Å². The molecule has 5 rings (SSSR count). The average molecular weight is 446 g/mol. The van der Waals surface area contributed by atoms with E-state index in [9.17, 15) is 4.79 Å². The van der Waals surface area contributed by atoms with Crippen molar-refractivity contribution in [3.63, 3.8) is 0 Å². The smallest absolute Gasteiger partial charge is 0.278 e. The summed E-state index contributed by atoms with van der Waals surface area (Å²) in [7, 11) is 0. The van der Waals surface area contributed by atoms with Crippen molar-refractivity contribution in [1.82, 2.24) is 29.2 Å². The van der Waals surface area contributed by atoms with E-state index >= 15 is 0 Å². The molecule has 1 aliphatic rings. The van der Waals surface area contributed by atoms with Crippen LogP contribution in [0.25, 0.3) is 16.9 Å². The van der Waals surface area contributed by atoms with Gasteiger partial charge in [0.1, 0.15) is 11.2 Å². The Hall–Kier alpha value is -3.39. The van der Waals surface area contributed by atoms with Crippen molar-refractivity contribution in [3.05, 3.63) is 64.2 Å². The minimum Gasteiger partial charge on any atom is -0.328 e. The molecular weight excluding hydrogens is 414 g/mol. The van der Waals surface area contributed by atoms with Gasteiger partial charge in [-0.15, -0.1) is 0 Å². The highest BCUT2D eigenvalue weighted by molar-refractivity contribution is 5.77. The lowest BCUT2D eigenvalue weighted by Crippen LogP contribution is -2.29. The van der Waals surface area contributed by atoms with Crippen molar-refractivity contribution < 1.29 is 0 Å². The summed E-state index contributed by atoms with van der Waals surface area (Å²) in [5.74, 6) is 1.37. The van der Waals surface area contributed by atoms with E-state index in [2.05, 4.69) is 59.2 Å². The van der Waals surface area contributed by atoms with Gasteiger partial charge < -0.3 is 15.2 Å². The average Bonchev–Trinajstić information content (AvgIpc) is 3.36. The molecule has 0 atom stereocenters. The first-order valence-corrected chi connectivity index (χ1v) is 11.5. The molecule has 0 saturated carbocycles. The normalized spacial score (nSPS) is 14.1. The molecule has 2 N–H and O–H groups in total. The molecule has 4 heterocycles. The van der Waals surface area contributed by atoms with Crippen LogP contribution in [0.3, 0.4) is 0 Å². The summed E-state index contributed by atoms with van der Waals surface area (Å²) < 4.78 is 5.85. The Morgan fingerprint density at radius 2 is 1.97 bits per heavy atom. The second kappa shape index (κ2) is 7.88. The molecule has 0 spiro atoms. The van der Waals surface area contributed by atoms with Gasteiger partial charge in [-0.05, 0) is 83.0 Å². The van der Waals surface area contributed by atoms with Crippen LogP contribution in [-0.2, 0) is 18.5 Å². The third-order valence-corrected chi connectivity index (χ3v) is 6.13. The summed E-state index contributed by atoms with van der Waals surface area (Å²) in [6.07, 6.45) is 4.68.